The van der Waals surface area contributed by atoms with Gasteiger partial charge in [0.05, 0.1) is 24.1 Å². The number of carboxylic acids is 1. The fourth-order valence-electron chi connectivity index (χ4n) is 3.35. The van der Waals surface area contributed by atoms with Gasteiger partial charge in [0.1, 0.15) is 12.3 Å². The van der Waals surface area contributed by atoms with Gasteiger partial charge in [0, 0.05) is 23.5 Å². The van der Waals surface area contributed by atoms with Crippen molar-refractivity contribution in [3.63, 3.8) is 0 Å². The number of nitrogens with zero attached hydrogens (tertiary/aromatic N) is 2. The topological polar surface area (TPSA) is 84.2 Å². The van der Waals surface area contributed by atoms with Crippen LogP contribution in [0.25, 0.3) is 11.0 Å². The van der Waals surface area contributed by atoms with Gasteiger partial charge in [-0.05, 0) is 35.7 Å². The number of rotatable bonds is 8. The van der Waals surface area contributed by atoms with Gasteiger partial charge in [-0.3, -0.25) is 9.59 Å². The Morgan fingerprint density at radius 2 is 1.84 bits per heavy atom. The highest BCUT2D eigenvalue weighted by Gasteiger charge is 2.30. The van der Waals surface area contributed by atoms with Crippen molar-refractivity contribution in [1.29, 1.82) is 0 Å². The lowest BCUT2D eigenvalue weighted by atomic mass is 10.00. The highest BCUT2D eigenvalue weighted by atomic mass is 19.4. The minimum atomic E-state index is -4.45. The molecule has 0 aliphatic carbocycles. The van der Waals surface area contributed by atoms with Crippen molar-refractivity contribution in [3.05, 3.63) is 77.3 Å². The van der Waals surface area contributed by atoms with E-state index in [1.807, 2.05) is 0 Å². The van der Waals surface area contributed by atoms with Gasteiger partial charge in [-0.15, -0.1) is 0 Å². The molecule has 2 N–H and O–H groups in total. The van der Waals surface area contributed by atoms with Gasteiger partial charge in [0.15, 0.2) is 0 Å². The lowest BCUT2D eigenvalue weighted by molar-refractivity contribution is -0.138. The van der Waals surface area contributed by atoms with Gasteiger partial charge in [0.25, 0.3) is 5.91 Å². The number of carboxylic acid groups (broad SMARTS) is 1. The second kappa shape index (κ2) is 9.21. The average molecular weight is 449 g/mol. The zero-order chi connectivity index (χ0) is 23.5. The van der Waals surface area contributed by atoms with Crippen molar-refractivity contribution >= 4 is 22.9 Å². The molecule has 6 nitrogen and oxygen atoms in total. The molecule has 0 aliphatic heterocycles. The number of carbonyl (C=O) groups excluding carboxylic acids is 1. The zero-order valence-corrected chi connectivity index (χ0v) is 16.7. The molecule has 2 heterocycles. The summed E-state index contributed by atoms with van der Waals surface area (Å²) in [7, 11) is 0. The maximum Gasteiger partial charge on any atom is 0.416 e. The summed E-state index contributed by atoms with van der Waals surface area (Å²) in [6.45, 7) is 2.75. The van der Waals surface area contributed by atoms with Crippen LogP contribution in [-0.4, -0.2) is 33.2 Å². The monoisotopic (exact) mass is 449 g/mol. The minimum Gasteiger partial charge on any atom is -0.481 e. The number of benzene rings is 1. The van der Waals surface area contributed by atoms with E-state index in [1.165, 1.54) is 29.1 Å². The Kier molecular flexibility index (Phi) is 6.61. The summed E-state index contributed by atoms with van der Waals surface area (Å²) < 4.78 is 53.0. The van der Waals surface area contributed by atoms with Crippen LogP contribution in [0.1, 0.15) is 33.5 Å². The first kappa shape index (κ1) is 23.0. The molecule has 0 saturated carbocycles. The molecule has 32 heavy (non-hydrogen) atoms. The quantitative estimate of drug-likeness (QED) is 0.502. The molecule has 1 amide bonds. The number of hydrogen-bond acceptors (Lipinski definition) is 3. The fraction of sp³-hybridized carbons (Fsp3) is 0.227. The van der Waals surface area contributed by atoms with E-state index in [9.17, 15) is 27.2 Å². The second-order valence-electron chi connectivity index (χ2n) is 7.09. The van der Waals surface area contributed by atoms with E-state index in [1.54, 1.807) is 6.07 Å². The summed E-state index contributed by atoms with van der Waals surface area (Å²) in [4.78, 5) is 27.9. The van der Waals surface area contributed by atoms with Crippen molar-refractivity contribution in [1.82, 2.24) is 14.9 Å². The molecule has 0 fully saturated rings. The Morgan fingerprint density at radius 3 is 2.44 bits per heavy atom. The van der Waals surface area contributed by atoms with Crippen LogP contribution in [-0.2, 0) is 23.9 Å². The number of carbonyl (C=O) groups is 2. The predicted octanol–water partition coefficient (Wildman–Crippen LogP) is 4.33. The molecule has 0 radical (unpaired) electrons. The van der Waals surface area contributed by atoms with E-state index in [-0.39, 0.29) is 24.2 Å². The highest BCUT2D eigenvalue weighted by Crippen LogP contribution is 2.30. The normalized spacial score (nSPS) is 11.5. The van der Waals surface area contributed by atoms with Gasteiger partial charge in [0.2, 0.25) is 0 Å². The molecule has 2 aromatic heterocycles. The van der Waals surface area contributed by atoms with Gasteiger partial charge < -0.3 is 15.0 Å². The number of hydrogen-bond donors (Lipinski definition) is 2. The summed E-state index contributed by atoms with van der Waals surface area (Å²) in [5, 5.41) is 11.7. The fourth-order valence-corrected chi connectivity index (χ4v) is 3.35. The molecule has 3 aromatic rings. The smallest absolute Gasteiger partial charge is 0.416 e. The summed E-state index contributed by atoms with van der Waals surface area (Å²) in [6, 6.07) is 6.28. The third kappa shape index (κ3) is 5.13. The number of nitrogens with one attached hydrogen (secondary N) is 1. The van der Waals surface area contributed by atoms with Gasteiger partial charge in [-0.25, -0.2) is 9.37 Å². The van der Waals surface area contributed by atoms with Crippen LogP contribution in [0.2, 0.25) is 0 Å². The van der Waals surface area contributed by atoms with Crippen LogP contribution >= 0.6 is 0 Å². The maximum absolute atomic E-state index is 13.0. The zero-order valence-electron chi connectivity index (χ0n) is 16.7. The Bertz CT molecular complexity index is 1170. The van der Waals surface area contributed by atoms with Crippen LogP contribution in [0.5, 0.6) is 0 Å². The average Bonchev–Trinajstić information content (AvgIpc) is 3.07. The molecule has 0 bridgehead atoms. The number of aliphatic carboxylic acids is 1. The Balaban J connectivity index is 2.00. The molecule has 0 spiro atoms. The van der Waals surface area contributed by atoms with E-state index in [2.05, 4.69) is 16.9 Å². The molecular formula is C22H19F4N3O3. The molecule has 0 unspecified atom stereocenters. The number of alkyl halides is 4. The van der Waals surface area contributed by atoms with Crippen molar-refractivity contribution < 1.29 is 32.3 Å². The number of amides is 1. The predicted molar refractivity (Wildman–Crippen MR) is 109 cm³/mol. The third-order valence-electron chi connectivity index (χ3n) is 4.74. The van der Waals surface area contributed by atoms with Crippen LogP contribution < -0.4 is 5.32 Å². The standard InChI is InChI=1S/C22H19F4N3O3/c1-13(10-18(30)31)28-21(32)17-12-29(9-7-23)20-19(17)15(6-8-27-20)11-14-2-4-16(5-3-14)22(24,25)26/h2-6,8,12H,1,7,9-11H2,(H,28,32)(H,30,31). The molecular weight excluding hydrogens is 430 g/mol. The number of aromatic nitrogens is 2. The van der Waals surface area contributed by atoms with Crippen molar-refractivity contribution in [2.24, 2.45) is 0 Å². The molecule has 0 aliphatic rings. The first-order valence-corrected chi connectivity index (χ1v) is 9.50. The molecule has 3 rings (SSSR count). The summed E-state index contributed by atoms with van der Waals surface area (Å²) in [5.41, 5.74) is 0.845. The van der Waals surface area contributed by atoms with E-state index in [0.29, 0.717) is 22.2 Å². The van der Waals surface area contributed by atoms with E-state index in [0.717, 1.165) is 12.1 Å². The largest absolute Gasteiger partial charge is 0.481 e. The maximum atomic E-state index is 13.0. The second-order valence-corrected chi connectivity index (χ2v) is 7.09. The lowest BCUT2D eigenvalue weighted by Crippen LogP contribution is -2.23. The third-order valence-corrected chi connectivity index (χ3v) is 4.74. The van der Waals surface area contributed by atoms with Crippen LogP contribution in [0.4, 0.5) is 17.6 Å². The summed E-state index contributed by atoms with van der Waals surface area (Å²) in [5.74, 6) is -1.81. The van der Waals surface area contributed by atoms with Crippen LogP contribution in [0, 0.1) is 0 Å². The Hall–Kier alpha value is -3.69. The first-order valence-electron chi connectivity index (χ1n) is 9.50. The highest BCUT2D eigenvalue weighted by molar-refractivity contribution is 6.08. The van der Waals surface area contributed by atoms with E-state index < -0.39 is 36.7 Å². The van der Waals surface area contributed by atoms with E-state index >= 15 is 0 Å². The summed E-state index contributed by atoms with van der Waals surface area (Å²) >= 11 is 0. The van der Waals surface area contributed by atoms with Crippen LogP contribution in [0.3, 0.4) is 0 Å². The number of pyridine rings is 1. The molecule has 0 atom stereocenters. The Labute approximate surface area is 180 Å². The molecule has 10 heteroatoms. The Morgan fingerprint density at radius 1 is 1.16 bits per heavy atom. The molecule has 0 saturated heterocycles. The number of fused-ring (bicyclic) bond motifs is 1. The SMILES string of the molecule is C=C(CC(=O)O)NC(=O)c1cn(CCF)c2nccc(Cc3ccc(C(F)(F)F)cc3)c12. The van der Waals surface area contributed by atoms with E-state index in [4.69, 9.17) is 5.11 Å². The molecule has 168 valence electrons. The van der Waals surface area contributed by atoms with Gasteiger partial charge >= 0.3 is 12.1 Å². The van der Waals surface area contributed by atoms with Crippen LogP contribution in [0.15, 0.2) is 55.0 Å². The minimum absolute atomic E-state index is 0.0259. The van der Waals surface area contributed by atoms with Crippen molar-refractivity contribution in [2.75, 3.05) is 6.67 Å². The first-order chi connectivity index (χ1) is 15.1. The number of halogens is 4. The van der Waals surface area contributed by atoms with Crippen molar-refractivity contribution in [3.8, 4) is 0 Å². The summed E-state index contributed by atoms with van der Waals surface area (Å²) in [6.07, 6.45) is -1.83. The molecule has 1 aromatic carbocycles. The van der Waals surface area contributed by atoms with Crippen molar-refractivity contribution in [2.45, 2.75) is 25.6 Å². The van der Waals surface area contributed by atoms with Gasteiger partial charge in [-0.2, -0.15) is 13.2 Å². The number of aryl methyl sites for hydroxylation is 1. The lowest BCUT2D eigenvalue weighted by Gasteiger charge is -2.10. The van der Waals surface area contributed by atoms with Gasteiger partial charge in [-0.1, -0.05) is 18.7 Å².